The number of fused-ring (bicyclic) bond motifs is 2. The molecule has 1 aliphatic rings. The first kappa shape index (κ1) is 20.5. The van der Waals surface area contributed by atoms with Gasteiger partial charge in [-0.05, 0) is 48.1 Å². The molecule has 0 spiro atoms. The van der Waals surface area contributed by atoms with Gasteiger partial charge in [-0.3, -0.25) is 13.6 Å². The minimum atomic E-state index is -1.25. The number of amides is 1. The summed E-state index contributed by atoms with van der Waals surface area (Å²) in [4.78, 5) is 15.9. The number of imidazole rings is 1. The summed E-state index contributed by atoms with van der Waals surface area (Å²) in [5, 5.41) is 5.65. The molecule has 0 saturated carbocycles. The van der Waals surface area contributed by atoms with E-state index in [4.69, 9.17) is 4.74 Å². The van der Waals surface area contributed by atoms with Gasteiger partial charge in [0.2, 0.25) is 11.1 Å². The number of aromatic nitrogens is 2. The minimum Gasteiger partial charge on any atom is -0.494 e. The summed E-state index contributed by atoms with van der Waals surface area (Å²) in [5.41, 5.74) is 2.92. The van der Waals surface area contributed by atoms with Gasteiger partial charge in [-0.25, -0.2) is 4.98 Å². The standard InChI is InChI=1S/C25H23N3O3S/c29-24-12-9-19-17-20(10-11-22(19)27-24)31-15-4-16-32(30)25-26-13-14-28(25)23-8-3-6-18-5-1-2-7-21(18)23/h1-3,5-8,10-11,13-14,17H,4,9,12,15-16H2,(H,27,29). The predicted octanol–water partition coefficient (Wildman–Crippen LogP) is 4.49. The average molecular weight is 446 g/mol. The summed E-state index contributed by atoms with van der Waals surface area (Å²) in [6.45, 7) is 0.464. The van der Waals surface area contributed by atoms with Crippen LogP contribution in [-0.2, 0) is 22.0 Å². The van der Waals surface area contributed by atoms with Gasteiger partial charge in [0, 0.05) is 35.6 Å². The molecule has 0 saturated heterocycles. The quantitative estimate of drug-likeness (QED) is 0.426. The smallest absolute Gasteiger partial charge is 0.224 e. The molecule has 0 radical (unpaired) electrons. The molecule has 7 heteroatoms. The third-order valence-electron chi connectivity index (χ3n) is 5.55. The van der Waals surface area contributed by atoms with E-state index >= 15 is 0 Å². The van der Waals surface area contributed by atoms with Gasteiger partial charge < -0.3 is 10.1 Å². The molecule has 4 aromatic rings. The fourth-order valence-electron chi connectivity index (χ4n) is 3.98. The van der Waals surface area contributed by atoms with Crippen LogP contribution in [0.25, 0.3) is 16.5 Å². The molecule has 3 aromatic carbocycles. The Balaban J connectivity index is 1.23. The molecule has 1 aromatic heterocycles. The van der Waals surface area contributed by atoms with E-state index in [0.29, 0.717) is 30.4 Å². The summed E-state index contributed by atoms with van der Waals surface area (Å²) < 4.78 is 20.8. The number of nitrogens with one attached hydrogen (secondary N) is 1. The molecule has 162 valence electrons. The van der Waals surface area contributed by atoms with E-state index in [1.807, 2.05) is 53.2 Å². The molecular weight excluding hydrogens is 422 g/mol. The topological polar surface area (TPSA) is 73.2 Å². The first-order valence-electron chi connectivity index (χ1n) is 10.6. The molecule has 1 atom stereocenters. The normalized spacial score (nSPS) is 14.1. The first-order chi connectivity index (χ1) is 15.7. The van der Waals surface area contributed by atoms with Crippen LogP contribution in [0.1, 0.15) is 18.4 Å². The number of nitrogens with zero attached hydrogens (tertiary/aromatic N) is 2. The van der Waals surface area contributed by atoms with Crippen LogP contribution < -0.4 is 10.1 Å². The number of benzene rings is 3. The highest BCUT2D eigenvalue weighted by Gasteiger charge is 2.16. The van der Waals surface area contributed by atoms with Crippen molar-refractivity contribution in [2.45, 2.75) is 24.4 Å². The molecule has 0 aliphatic carbocycles. The van der Waals surface area contributed by atoms with Gasteiger partial charge in [-0.15, -0.1) is 0 Å². The lowest BCUT2D eigenvalue weighted by molar-refractivity contribution is -0.116. The Labute approximate surface area is 188 Å². The predicted molar refractivity (Wildman–Crippen MR) is 126 cm³/mol. The highest BCUT2D eigenvalue weighted by Crippen LogP contribution is 2.27. The summed E-state index contributed by atoms with van der Waals surface area (Å²) in [6.07, 6.45) is 5.41. The highest BCUT2D eigenvalue weighted by atomic mass is 32.2. The molecule has 0 fully saturated rings. The van der Waals surface area contributed by atoms with Crippen molar-refractivity contribution in [2.75, 3.05) is 17.7 Å². The number of anilines is 1. The second-order valence-corrected chi connectivity index (χ2v) is 9.16. The summed E-state index contributed by atoms with van der Waals surface area (Å²) >= 11 is 0. The maximum absolute atomic E-state index is 13.0. The number of rotatable bonds is 7. The van der Waals surface area contributed by atoms with Gasteiger partial charge in [0.25, 0.3) is 0 Å². The number of carbonyl (C=O) groups is 1. The fraction of sp³-hybridized carbons (Fsp3) is 0.200. The third-order valence-corrected chi connectivity index (χ3v) is 6.92. The van der Waals surface area contributed by atoms with E-state index in [0.717, 1.165) is 39.9 Å². The Kier molecular flexibility index (Phi) is 5.73. The fourth-order valence-corrected chi connectivity index (χ4v) is 5.10. The van der Waals surface area contributed by atoms with E-state index in [9.17, 15) is 9.00 Å². The Morgan fingerprint density at radius 1 is 1.06 bits per heavy atom. The van der Waals surface area contributed by atoms with Crippen molar-refractivity contribution in [1.82, 2.24) is 9.55 Å². The zero-order chi connectivity index (χ0) is 21.9. The number of ether oxygens (including phenoxy) is 1. The van der Waals surface area contributed by atoms with Gasteiger partial charge in [0.1, 0.15) is 5.75 Å². The number of hydrogen-bond acceptors (Lipinski definition) is 4. The van der Waals surface area contributed by atoms with Gasteiger partial charge in [0.05, 0.1) is 23.1 Å². The van der Waals surface area contributed by atoms with Gasteiger partial charge in [0.15, 0.2) is 0 Å². The minimum absolute atomic E-state index is 0.0514. The van der Waals surface area contributed by atoms with Crippen LogP contribution in [0.2, 0.25) is 0 Å². The van der Waals surface area contributed by atoms with Crippen molar-refractivity contribution >= 4 is 33.2 Å². The number of hydrogen-bond donors (Lipinski definition) is 1. The van der Waals surface area contributed by atoms with E-state index in [-0.39, 0.29) is 5.91 Å². The molecule has 6 nitrogen and oxygen atoms in total. The number of carbonyl (C=O) groups excluding carboxylic acids is 1. The van der Waals surface area contributed by atoms with E-state index in [1.54, 1.807) is 6.20 Å². The van der Waals surface area contributed by atoms with E-state index in [1.165, 1.54) is 0 Å². The SMILES string of the molecule is O=C1CCc2cc(OCCCS(=O)c3nccn3-c3cccc4ccccc34)ccc2N1. The Morgan fingerprint density at radius 3 is 2.88 bits per heavy atom. The number of aryl methyl sites for hydroxylation is 1. The molecule has 1 unspecified atom stereocenters. The summed E-state index contributed by atoms with van der Waals surface area (Å²) in [6, 6.07) is 19.9. The molecule has 0 bridgehead atoms. The highest BCUT2D eigenvalue weighted by molar-refractivity contribution is 7.84. The van der Waals surface area contributed by atoms with Crippen molar-refractivity contribution in [3.63, 3.8) is 0 Å². The average Bonchev–Trinajstić information content (AvgIpc) is 3.31. The lowest BCUT2D eigenvalue weighted by Crippen LogP contribution is -2.18. The molecular formula is C25H23N3O3S. The van der Waals surface area contributed by atoms with Gasteiger partial charge in [-0.1, -0.05) is 36.4 Å². The lowest BCUT2D eigenvalue weighted by atomic mass is 10.0. The van der Waals surface area contributed by atoms with Crippen LogP contribution >= 0.6 is 0 Å². The van der Waals surface area contributed by atoms with Crippen LogP contribution in [0.4, 0.5) is 5.69 Å². The maximum Gasteiger partial charge on any atom is 0.224 e. The summed E-state index contributed by atoms with van der Waals surface area (Å²) in [7, 11) is -1.25. The Bertz CT molecular complexity index is 1310. The monoisotopic (exact) mass is 445 g/mol. The molecule has 2 heterocycles. The van der Waals surface area contributed by atoms with Crippen LogP contribution in [0.5, 0.6) is 5.75 Å². The third kappa shape index (κ3) is 4.16. The maximum atomic E-state index is 13.0. The molecule has 1 N–H and O–H groups in total. The van der Waals surface area contributed by atoms with Crippen LogP contribution in [0.15, 0.2) is 78.2 Å². The Hall–Kier alpha value is -3.45. The van der Waals surface area contributed by atoms with Crippen molar-refractivity contribution in [3.05, 3.63) is 78.6 Å². The van der Waals surface area contributed by atoms with Crippen molar-refractivity contribution < 1.29 is 13.7 Å². The second-order valence-electron chi connectivity index (χ2n) is 7.70. The van der Waals surface area contributed by atoms with Gasteiger partial charge >= 0.3 is 0 Å². The summed E-state index contributed by atoms with van der Waals surface area (Å²) in [5.74, 6) is 1.28. The Morgan fingerprint density at radius 2 is 1.94 bits per heavy atom. The van der Waals surface area contributed by atoms with Gasteiger partial charge in [-0.2, -0.15) is 0 Å². The molecule has 32 heavy (non-hydrogen) atoms. The zero-order valence-corrected chi connectivity index (χ0v) is 18.3. The molecule has 1 amide bonds. The van der Waals surface area contributed by atoms with Crippen molar-refractivity contribution in [3.8, 4) is 11.4 Å². The lowest BCUT2D eigenvalue weighted by Gasteiger charge is -2.17. The largest absolute Gasteiger partial charge is 0.494 e. The van der Waals surface area contributed by atoms with E-state index in [2.05, 4.69) is 28.5 Å². The first-order valence-corrected chi connectivity index (χ1v) is 12.0. The van der Waals surface area contributed by atoms with Crippen molar-refractivity contribution in [1.29, 1.82) is 0 Å². The van der Waals surface area contributed by atoms with Crippen LogP contribution in [-0.4, -0.2) is 32.0 Å². The molecule has 5 rings (SSSR count). The second kappa shape index (κ2) is 8.96. The van der Waals surface area contributed by atoms with Crippen LogP contribution in [0.3, 0.4) is 0 Å². The molecule has 1 aliphatic heterocycles. The van der Waals surface area contributed by atoms with E-state index < -0.39 is 10.8 Å². The van der Waals surface area contributed by atoms with Crippen molar-refractivity contribution in [2.24, 2.45) is 0 Å². The zero-order valence-electron chi connectivity index (χ0n) is 17.5. The van der Waals surface area contributed by atoms with Crippen LogP contribution in [0, 0.1) is 0 Å².